The number of halogens is 1. The fourth-order valence-electron chi connectivity index (χ4n) is 2.25. The van der Waals surface area contributed by atoms with Crippen molar-refractivity contribution in [1.82, 2.24) is 19.6 Å². The first kappa shape index (κ1) is 14.0. The van der Waals surface area contributed by atoms with Crippen molar-refractivity contribution in [3.8, 4) is 0 Å². The van der Waals surface area contributed by atoms with Gasteiger partial charge in [-0.2, -0.15) is 14.6 Å². The SMILES string of the molecule is Cc1ccc(Br)cc1CNc1c(C)c(C)nc2ncnn12. The highest BCUT2D eigenvalue weighted by atomic mass is 79.9. The Morgan fingerprint density at radius 3 is 2.86 bits per heavy atom. The number of hydrogen-bond acceptors (Lipinski definition) is 4. The minimum absolute atomic E-state index is 0.617. The Morgan fingerprint density at radius 1 is 1.24 bits per heavy atom. The maximum absolute atomic E-state index is 4.42. The molecule has 1 N–H and O–H groups in total. The van der Waals surface area contributed by atoms with Gasteiger partial charge in [-0.25, -0.2) is 4.98 Å². The molecule has 0 atom stereocenters. The smallest absolute Gasteiger partial charge is 0.254 e. The lowest BCUT2D eigenvalue weighted by atomic mass is 10.1. The topological polar surface area (TPSA) is 55.1 Å². The lowest BCUT2D eigenvalue weighted by Crippen LogP contribution is -2.10. The molecular formula is C15H16BrN5. The summed E-state index contributed by atoms with van der Waals surface area (Å²) in [5, 5.41) is 7.71. The van der Waals surface area contributed by atoms with E-state index in [2.05, 4.69) is 61.4 Å². The first-order chi connectivity index (χ1) is 10.1. The van der Waals surface area contributed by atoms with Gasteiger partial charge in [0.1, 0.15) is 12.1 Å². The van der Waals surface area contributed by atoms with Crippen molar-refractivity contribution >= 4 is 27.5 Å². The van der Waals surface area contributed by atoms with Crippen LogP contribution in [0.5, 0.6) is 0 Å². The molecule has 0 unspecified atom stereocenters. The average Bonchev–Trinajstić information content (AvgIpc) is 2.90. The highest BCUT2D eigenvalue weighted by Gasteiger charge is 2.11. The molecule has 2 heterocycles. The largest absolute Gasteiger partial charge is 0.366 e. The zero-order chi connectivity index (χ0) is 15.0. The van der Waals surface area contributed by atoms with E-state index in [1.54, 1.807) is 4.52 Å². The molecule has 6 heteroatoms. The normalized spacial score (nSPS) is 11.0. The van der Waals surface area contributed by atoms with Crippen LogP contribution in [0, 0.1) is 20.8 Å². The third-order valence-corrected chi connectivity index (χ3v) is 4.16. The number of anilines is 1. The van der Waals surface area contributed by atoms with E-state index in [9.17, 15) is 0 Å². The van der Waals surface area contributed by atoms with Crippen molar-refractivity contribution in [2.75, 3.05) is 5.32 Å². The second-order valence-corrected chi connectivity index (χ2v) is 5.98. The van der Waals surface area contributed by atoms with E-state index in [0.29, 0.717) is 5.78 Å². The number of rotatable bonds is 3. The molecule has 21 heavy (non-hydrogen) atoms. The Bertz CT molecular complexity index is 809. The first-order valence-electron chi connectivity index (χ1n) is 6.72. The number of aryl methyl sites for hydroxylation is 2. The molecule has 0 amide bonds. The van der Waals surface area contributed by atoms with Gasteiger partial charge >= 0.3 is 0 Å². The highest BCUT2D eigenvalue weighted by molar-refractivity contribution is 9.10. The van der Waals surface area contributed by atoms with Gasteiger partial charge in [-0.1, -0.05) is 22.0 Å². The van der Waals surface area contributed by atoms with Gasteiger partial charge in [-0.15, -0.1) is 0 Å². The van der Waals surface area contributed by atoms with E-state index in [0.717, 1.165) is 28.1 Å². The van der Waals surface area contributed by atoms with Gasteiger partial charge in [-0.3, -0.25) is 0 Å². The number of benzene rings is 1. The summed E-state index contributed by atoms with van der Waals surface area (Å²) in [6, 6.07) is 6.29. The summed E-state index contributed by atoms with van der Waals surface area (Å²) in [5.74, 6) is 1.56. The van der Waals surface area contributed by atoms with Crippen LogP contribution < -0.4 is 5.32 Å². The lowest BCUT2D eigenvalue weighted by Gasteiger charge is -2.14. The number of nitrogens with zero attached hydrogens (tertiary/aromatic N) is 4. The van der Waals surface area contributed by atoms with Crippen molar-refractivity contribution in [3.05, 3.63) is 51.4 Å². The number of aromatic nitrogens is 4. The van der Waals surface area contributed by atoms with Crippen LogP contribution in [-0.4, -0.2) is 19.6 Å². The van der Waals surface area contributed by atoms with Crippen molar-refractivity contribution in [1.29, 1.82) is 0 Å². The fraction of sp³-hybridized carbons (Fsp3) is 0.267. The van der Waals surface area contributed by atoms with Crippen LogP contribution in [0.25, 0.3) is 5.78 Å². The quantitative estimate of drug-likeness (QED) is 0.790. The maximum atomic E-state index is 4.42. The molecule has 0 aliphatic carbocycles. The summed E-state index contributed by atoms with van der Waals surface area (Å²) in [7, 11) is 0. The highest BCUT2D eigenvalue weighted by Crippen LogP contribution is 2.21. The molecular weight excluding hydrogens is 330 g/mol. The summed E-state index contributed by atoms with van der Waals surface area (Å²) in [6.45, 7) is 6.86. The lowest BCUT2D eigenvalue weighted by molar-refractivity contribution is 0.901. The minimum atomic E-state index is 0.617. The van der Waals surface area contributed by atoms with Gasteiger partial charge in [0.05, 0.1) is 0 Å². The second kappa shape index (κ2) is 5.44. The molecule has 0 bridgehead atoms. The predicted molar refractivity (Wildman–Crippen MR) is 86.5 cm³/mol. The molecule has 0 saturated carbocycles. The van der Waals surface area contributed by atoms with E-state index >= 15 is 0 Å². The Kier molecular flexibility index (Phi) is 3.63. The molecule has 0 fully saturated rings. The van der Waals surface area contributed by atoms with E-state index in [-0.39, 0.29) is 0 Å². The molecule has 3 aromatic rings. The van der Waals surface area contributed by atoms with Crippen LogP contribution in [-0.2, 0) is 6.54 Å². The van der Waals surface area contributed by atoms with Crippen molar-refractivity contribution in [2.24, 2.45) is 0 Å². The van der Waals surface area contributed by atoms with E-state index in [1.165, 1.54) is 17.5 Å². The van der Waals surface area contributed by atoms with Gasteiger partial charge < -0.3 is 5.32 Å². The van der Waals surface area contributed by atoms with Crippen LogP contribution in [0.1, 0.15) is 22.4 Å². The Labute approximate surface area is 131 Å². The minimum Gasteiger partial charge on any atom is -0.366 e. The monoisotopic (exact) mass is 345 g/mol. The van der Waals surface area contributed by atoms with E-state index in [4.69, 9.17) is 0 Å². The summed E-state index contributed by atoms with van der Waals surface area (Å²) in [6.07, 6.45) is 1.52. The molecule has 108 valence electrons. The molecule has 5 nitrogen and oxygen atoms in total. The number of nitrogens with one attached hydrogen (secondary N) is 1. The summed E-state index contributed by atoms with van der Waals surface area (Å²) >= 11 is 3.52. The summed E-state index contributed by atoms with van der Waals surface area (Å²) in [5.41, 5.74) is 4.54. The Hall–Kier alpha value is -1.95. The van der Waals surface area contributed by atoms with E-state index in [1.807, 2.05) is 13.8 Å². The van der Waals surface area contributed by atoms with Gasteiger partial charge in [-0.05, 0) is 44.0 Å². The van der Waals surface area contributed by atoms with Crippen molar-refractivity contribution in [2.45, 2.75) is 27.3 Å². The predicted octanol–water partition coefficient (Wildman–Crippen LogP) is 3.42. The molecule has 1 aromatic carbocycles. The van der Waals surface area contributed by atoms with Gasteiger partial charge in [0, 0.05) is 22.3 Å². The summed E-state index contributed by atoms with van der Waals surface area (Å²) in [4.78, 5) is 8.59. The summed E-state index contributed by atoms with van der Waals surface area (Å²) < 4.78 is 2.83. The zero-order valence-corrected chi connectivity index (χ0v) is 13.8. The van der Waals surface area contributed by atoms with Crippen molar-refractivity contribution in [3.63, 3.8) is 0 Å². The van der Waals surface area contributed by atoms with Crippen LogP contribution in [0.15, 0.2) is 29.0 Å². The van der Waals surface area contributed by atoms with Gasteiger partial charge in [0.25, 0.3) is 5.78 Å². The number of fused-ring (bicyclic) bond motifs is 1. The standard InChI is InChI=1S/C15H16BrN5/c1-9-4-5-13(16)6-12(9)7-17-14-10(2)11(3)20-15-18-8-19-21(14)15/h4-6,8,17H,7H2,1-3H3. The second-order valence-electron chi connectivity index (χ2n) is 5.07. The van der Waals surface area contributed by atoms with Gasteiger partial charge in [0.2, 0.25) is 0 Å². The van der Waals surface area contributed by atoms with Crippen LogP contribution in [0.4, 0.5) is 5.82 Å². The molecule has 0 spiro atoms. The molecule has 3 rings (SSSR count). The third kappa shape index (κ3) is 2.63. The molecule has 0 aliphatic heterocycles. The van der Waals surface area contributed by atoms with Gasteiger partial charge in [0.15, 0.2) is 0 Å². The third-order valence-electron chi connectivity index (χ3n) is 3.66. The average molecular weight is 346 g/mol. The maximum Gasteiger partial charge on any atom is 0.254 e. The molecule has 0 saturated heterocycles. The zero-order valence-electron chi connectivity index (χ0n) is 12.2. The van der Waals surface area contributed by atoms with Crippen molar-refractivity contribution < 1.29 is 0 Å². The molecule has 0 radical (unpaired) electrons. The molecule has 0 aliphatic rings. The fourth-order valence-corrected chi connectivity index (χ4v) is 2.66. The van der Waals surface area contributed by atoms with Crippen LogP contribution in [0.2, 0.25) is 0 Å². The van der Waals surface area contributed by atoms with Crippen LogP contribution >= 0.6 is 15.9 Å². The number of hydrogen-bond donors (Lipinski definition) is 1. The first-order valence-corrected chi connectivity index (χ1v) is 7.51. The Balaban J connectivity index is 1.96. The Morgan fingerprint density at radius 2 is 2.05 bits per heavy atom. The van der Waals surface area contributed by atoms with E-state index < -0.39 is 0 Å². The molecule has 2 aromatic heterocycles. The van der Waals surface area contributed by atoms with Crippen LogP contribution in [0.3, 0.4) is 0 Å².